The van der Waals surface area contributed by atoms with E-state index < -0.39 is 5.97 Å². The molecule has 0 unspecified atom stereocenters. The second kappa shape index (κ2) is 38.5. The first kappa shape index (κ1) is 47.7. The number of carboxylic acids is 1. The number of carboxylic acid groups (broad SMARTS) is 1. The predicted octanol–water partition coefficient (Wildman–Crippen LogP) is 9.31. The average Bonchev–Trinajstić information content (AvgIpc) is 3.02. The molecule has 0 heterocycles. The molecule has 0 fully saturated rings. The van der Waals surface area contributed by atoms with Crippen molar-refractivity contribution in [3.8, 4) is 0 Å². The molecule has 0 spiro atoms. The zero-order valence-corrected chi connectivity index (χ0v) is 30.1. The maximum atomic E-state index is 11.1. The Labute approximate surface area is 280 Å². The van der Waals surface area contributed by atoms with Crippen molar-refractivity contribution in [2.45, 2.75) is 156 Å². The van der Waals surface area contributed by atoms with Gasteiger partial charge in [0, 0.05) is 37.2 Å². The van der Waals surface area contributed by atoms with Crippen molar-refractivity contribution in [1.29, 1.82) is 0 Å². The van der Waals surface area contributed by atoms with Crippen molar-refractivity contribution in [3.63, 3.8) is 0 Å². The number of ether oxygens (including phenoxy) is 4. The van der Waals surface area contributed by atoms with Crippen LogP contribution in [0.4, 0.5) is 0 Å². The second-order valence-corrected chi connectivity index (χ2v) is 11.4. The number of carbonyl (C=O) groups excluding carboxylic acids is 3. The molecule has 0 aromatic carbocycles. The Morgan fingerprint density at radius 2 is 0.826 bits per heavy atom. The van der Waals surface area contributed by atoms with Crippen molar-refractivity contribution in [1.82, 2.24) is 0 Å². The number of esters is 3. The van der Waals surface area contributed by atoms with Gasteiger partial charge in [0.15, 0.2) is 0 Å². The van der Waals surface area contributed by atoms with Crippen LogP contribution >= 0.6 is 0 Å². The first-order valence-corrected chi connectivity index (χ1v) is 17.5. The van der Waals surface area contributed by atoms with Gasteiger partial charge in [0.25, 0.3) is 0 Å². The fraction of sp³-hybridized carbons (Fsp3) is 0.784. The lowest BCUT2D eigenvalue weighted by Crippen LogP contribution is -2.05. The molecule has 9 heteroatoms. The van der Waals surface area contributed by atoms with Crippen molar-refractivity contribution < 1.29 is 43.2 Å². The van der Waals surface area contributed by atoms with E-state index in [-0.39, 0.29) is 17.9 Å². The van der Waals surface area contributed by atoms with Gasteiger partial charge >= 0.3 is 23.9 Å². The lowest BCUT2D eigenvalue weighted by atomic mass is 10.1. The Morgan fingerprint density at radius 1 is 0.522 bits per heavy atom. The van der Waals surface area contributed by atoms with E-state index in [1.54, 1.807) is 13.8 Å². The van der Waals surface area contributed by atoms with Gasteiger partial charge in [-0.1, -0.05) is 103 Å². The van der Waals surface area contributed by atoms with Crippen LogP contribution in [0.15, 0.2) is 24.3 Å². The summed E-state index contributed by atoms with van der Waals surface area (Å²) in [6.45, 7) is 17.0. The third kappa shape index (κ3) is 43.4. The standard InChI is InChI=1S/C17H30O4.C16H28O4.C4H10O/c1-15(2)17(19)21-14-12-10-8-6-4-5-7-9-11-13-16(18)20-3;1-14(2)16(19)20-13-11-9-7-5-3-4-6-8-10-12-15(17)18;1-3-5-4-2/h1,4-14H2,2-3H3;1,3-13H2,2H3,(H,17,18);3-4H2,1-2H3. The third-order valence-electron chi connectivity index (χ3n) is 6.86. The number of hydrogen-bond acceptors (Lipinski definition) is 8. The van der Waals surface area contributed by atoms with E-state index in [0.717, 1.165) is 71.0 Å². The molecule has 0 atom stereocenters. The van der Waals surface area contributed by atoms with Gasteiger partial charge in [0.1, 0.15) is 0 Å². The SMILES string of the molecule is C=C(C)C(=O)OCCCCCCCCCCCC(=O)O.C=C(C)C(=O)OCCCCCCCCCCCC(=O)OC.CCOCC. The Bertz CT molecular complexity index is 775. The lowest BCUT2D eigenvalue weighted by Gasteiger charge is -2.04. The zero-order chi connectivity index (χ0) is 35.3. The minimum Gasteiger partial charge on any atom is -0.481 e. The number of rotatable bonds is 28. The molecule has 46 heavy (non-hydrogen) atoms. The summed E-state index contributed by atoms with van der Waals surface area (Å²) in [5.74, 6) is -1.40. The highest BCUT2D eigenvalue weighted by molar-refractivity contribution is 5.87. The number of methoxy groups -OCH3 is 1. The maximum Gasteiger partial charge on any atom is 0.333 e. The first-order chi connectivity index (χ1) is 22.0. The molecule has 1 N–H and O–H groups in total. The van der Waals surface area contributed by atoms with Crippen molar-refractivity contribution in [2.24, 2.45) is 0 Å². The molecule has 0 aromatic heterocycles. The number of unbranched alkanes of at least 4 members (excludes halogenated alkanes) is 16. The summed E-state index contributed by atoms with van der Waals surface area (Å²) in [5, 5.41) is 8.49. The van der Waals surface area contributed by atoms with Crippen molar-refractivity contribution >= 4 is 23.9 Å². The average molecular weight is 657 g/mol. The van der Waals surface area contributed by atoms with E-state index in [4.69, 9.17) is 19.3 Å². The molecule has 0 amide bonds. The highest BCUT2D eigenvalue weighted by Gasteiger charge is 2.03. The monoisotopic (exact) mass is 656 g/mol. The number of aliphatic carboxylic acids is 1. The quantitative estimate of drug-likeness (QED) is 0.0379. The van der Waals surface area contributed by atoms with Gasteiger partial charge in [0.05, 0.1) is 20.3 Å². The normalized spacial score (nSPS) is 10.0. The molecule has 0 bridgehead atoms. The highest BCUT2D eigenvalue weighted by Crippen LogP contribution is 2.12. The summed E-state index contributed by atoms with van der Waals surface area (Å²) in [7, 11) is 1.43. The van der Waals surface area contributed by atoms with Crippen LogP contribution in [-0.2, 0) is 38.1 Å². The minimum atomic E-state index is -0.697. The molecule has 0 saturated carbocycles. The Hall–Kier alpha value is -2.68. The van der Waals surface area contributed by atoms with Gasteiger partial charge in [-0.05, 0) is 53.4 Å². The van der Waals surface area contributed by atoms with Gasteiger partial charge in [-0.15, -0.1) is 0 Å². The summed E-state index contributed by atoms with van der Waals surface area (Å²) in [6.07, 6.45) is 20.7. The van der Waals surface area contributed by atoms with Crippen molar-refractivity contribution in [2.75, 3.05) is 33.5 Å². The molecule has 0 saturated heterocycles. The van der Waals surface area contributed by atoms with Gasteiger partial charge in [-0.25, -0.2) is 9.59 Å². The van der Waals surface area contributed by atoms with Crippen LogP contribution in [0.1, 0.15) is 156 Å². The Morgan fingerprint density at radius 3 is 1.09 bits per heavy atom. The zero-order valence-electron chi connectivity index (χ0n) is 30.1. The van der Waals surface area contributed by atoms with Crippen LogP contribution in [-0.4, -0.2) is 62.5 Å². The van der Waals surface area contributed by atoms with Crippen LogP contribution in [0.25, 0.3) is 0 Å². The molecular formula is C37H68O9. The molecule has 270 valence electrons. The molecule has 0 aromatic rings. The van der Waals surface area contributed by atoms with Crippen LogP contribution in [0.2, 0.25) is 0 Å². The molecule has 0 radical (unpaired) electrons. The molecule has 0 aliphatic carbocycles. The minimum absolute atomic E-state index is 0.109. The van der Waals surface area contributed by atoms with Crippen LogP contribution < -0.4 is 0 Å². The highest BCUT2D eigenvalue weighted by atomic mass is 16.5. The smallest absolute Gasteiger partial charge is 0.333 e. The topological polar surface area (TPSA) is 125 Å². The lowest BCUT2D eigenvalue weighted by molar-refractivity contribution is -0.141. The summed E-state index contributed by atoms with van der Waals surface area (Å²) >= 11 is 0. The summed E-state index contributed by atoms with van der Waals surface area (Å²) in [6, 6.07) is 0. The van der Waals surface area contributed by atoms with E-state index in [0.29, 0.717) is 37.2 Å². The summed E-state index contributed by atoms with van der Waals surface area (Å²) in [5.41, 5.74) is 0.912. The summed E-state index contributed by atoms with van der Waals surface area (Å²) < 4.78 is 19.5. The molecular weight excluding hydrogens is 588 g/mol. The third-order valence-corrected chi connectivity index (χ3v) is 6.86. The predicted molar refractivity (Wildman–Crippen MR) is 186 cm³/mol. The molecule has 9 nitrogen and oxygen atoms in total. The fourth-order valence-corrected chi connectivity index (χ4v) is 4.11. The van der Waals surface area contributed by atoms with Gasteiger partial charge < -0.3 is 24.1 Å². The molecule has 0 aliphatic rings. The van der Waals surface area contributed by atoms with Gasteiger partial charge in [-0.3, -0.25) is 9.59 Å². The fourth-order valence-electron chi connectivity index (χ4n) is 4.11. The van der Waals surface area contributed by atoms with Crippen LogP contribution in [0, 0.1) is 0 Å². The number of carbonyl (C=O) groups is 4. The van der Waals surface area contributed by atoms with E-state index >= 15 is 0 Å². The molecule has 0 aliphatic heterocycles. The largest absolute Gasteiger partial charge is 0.481 e. The Balaban J connectivity index is -0.000000700. The second-order valence-electron chi connectivity index (χ2n) is 11.4. The molecule has 0 rings (SSSR count). The van der Waals surface area contributed by atoms with E-state index in [2.05, 4.69) is 17.9 Å². The van der Waals surface area contributed by atoms with E-state index in [1.165, 1.54) is 64.9 Å². The van der Waals surface area contributed by atoms with E-state index in [9.17, 15) is 19.2 Å². The van der Waals surface area contributed by atoms with Crippen molar-refractivity contribution in [3.05, 3.63) is 24.3 Å². The van der Waals surface area contributed by atoms with Crippen LogP contribution in [0.3, 0.4) is 0 Å². The number of hydrogen-bond donors (Lipinski definition) is 1. The Kier molecular flexibility index (Phi) is 39.9. The van der Waals surface area contributed by atoms with Gasteiger partial charge in [0.2, 0.25) is 0 Å². The van der Waals surface area contributed by atoms with E-state index in [1.807, 2.05) is 13.8 Å². The van der Waals surface area contributed by atoms with Gasteiger partial charge in [-0.2, -0.15) is 0 Å². The van der Waals surface area contributed by atoms with Crippen LogP contribution in [0.5, 0.6) is 0 Å². The summed E-state index contributed by atoms with van der Waals surface area (Å²) in [4.78, 5) is 43.4. The maximum absolute atomic E-state index is 11.1. The first-order valence-electron chi connectivity index (χ1n) is 17.5.